The monoisotopic (exact) mass is 321 g/mol. The van der Waals surface area contributed by atoms with E-state index in [1.165, 1.54) is 12.0 Å². The summed E-state index contributed by atoms with van der Waals surface area (Å²) in [5.74, 6) is 0.430. The lowest BCUT2D eigenvalue weighted by atomic mass is 10.2. The first-order valence-electron chi connectivity index (χ1n) is 7.54. The maximum absolute atomic E-state index is 14.0. The van der Waals surface area contributed by atoms with E-state index in [0.717, 1.165) is 16.6 Å². The summed E-state index contributed by atoms with van der Waals surface area (Å²) < 4.78 is 24.4. The van der Waals surface area contributed by atoms with Crippen LogP contribution in [0.4, 0.5) is 4.39 Å². The minimum atomic E-state index is -1.19. The summed E-state index contributed by atoms with van der Waals surface area (Å²) in [6.45, 7) is 2.44. The maximum Gasteiger partial charge on any atom is 0.248 e. The predicted octanol–water partition coefficient (Wildman–Crippen LogP) is 1.58. The molecule has 1 aliphatic rings. The van der Waals surface area contributed by atoms with Crippen LogP contribution in [0, 0.1) is 6.92 Å². The third-order valence-electron chi connectivity index (χ3n) is 3.94. The van der Waals surface area contributed by atoms with Crippen LogP contribution in [-0.4, -0.2) is 59.9 Å². The number of likely N-dealkylation sites (tertiary alicyclic amines) is 1. The van der Waals surface area contributed by atoms with Crippen LogP contribution < -0.4 is 0 Å². The molecule has 1 aliphatic heterocycles. The van der Waals surface area contributed by atoms with Crippen LogP contribution in [0.3, 0.4) is 0 Å². The normalized spacial score (nSPS) is 21.3. The number of aromatic amines is 1. The summed E-state index contributed by atoms with van der Waals surface area (Å²) in [7, 11) is 1.44. The molecule has 1 saturated heterocycles. The van der Waals surface area contributed by atoms with Crippen molar-refractivity contribution in [3.8, 4) is 0 Å². The Balaban J connectivity index is 1.60. The molecule has 2 heterocycles. The number of carbonyl (C=O) groups excluding carboxylic acids is 1. The molecule has 0 saturated carbocycles. The lowest BCUT2D eigenvalue weighted by Crippen LogP contribution is -2.32. The molecule has 0 radical (unpaired) electrons. The summed E-state index contributed by atoms with van der Waals surface area (Å²) in [6.07, 6.45) is -1.83. The number of halogens is 1. The van der Waals surface area contributed by atoms with Crippen LogP contribution in [0.25, 0.3) is 11.0 Å². The first kappa shape index (κ1) is 15.9. The summed E-state index contributed by atoms with van der Waals surface area (Å²) in [5.41, 5.74) is 2.93. The smallest absolute Gasteiger partial charge is 0.248 e. The molecule has 124 valence electrons. The van der Waals surface area contributed by atoms with Crippen molar-refractivity contribution in [2.75, 3.05) is 26.8 Å². The SMILES string of the molecule is COCC(=O)N1C[C@@H](F)[C@@H](OCc2nc3ccc(C)cc3[nH]2)C1. The van der Waals surface area contributed by atoms with Gasteiger partial charge in [-0.3, -0.25) is 4.79 Å². The lowest BCUT2D eigenvalue weighted by molar-refractivity contribution is -0.134. The Kier molecular flexibility index (Phi) is 4.58. The minimum Gasteiger partial charge on any atom is -0.375 e. The highest BCUT2D eigenvalue weighted by Crippen LogP contribution is 2.19. The Morgan fingerprint density at radius 1 is 1.48 bits per heavy atom. The number of H-pyrrole nitrogens is 1. The first-order valence-corrected chi connectivity index (χ1v) is 7.54. The molecular formula is C16H20FN3O3. The van der Waals surface area contributed by atoms with Gasteiger partial charge in [0.2, 0.25) is 5.91 Å². The molecule has 2 aromatic rings. The number of nitrogens with zero attached hydrogens (tertiary/aromatic N) is 2. The number of carbonyl (C=O) groups is 1. The van der Waals surface area contributed by atoms with Gasteiger partial charge in [-0.15, -0.1) is 0 Å². The van der Waals surface area contributed by atoms with Gasteiger partial charge in [-0.05, 0) is 24.6 Å². The van der Waals surface area contributed by atoms with Crippen LogP contribution in [0.5, 0.6) is 0 Å². The van der Waals surface area contributed by atoms with E-state index < -0.39 is 12.3 Å². The lowest BCUT2D eigenvalue weighted by Gasteiger charge is -2.15. The average Bonchev–Trinajstić information content (AvgIpc) is 3.08. The molecule has 3 rings (SSSR count). The Labute approximate surface area is 133 Å². The zero-order valence-electron chi connectivity index (χ0n) is 13.2. The topological polar surface area (TPSA) is 67.4 Å². The molecule has 1 aromatic carbocycles. The summed E-state index contributed by atoms with van der Waals surface area (Å²) in [6, 6.07) is 5.93. The Bertz CT molecular complexity index is 703. The molecule has 0 aliphatic carbocycles. The van der Waals surface area contributed by atoms with E-state index >= 15 is 0 Å². The highest BCUT2D eigenvalue weighted by Gasteiger charge is 2.36. The molecular weight excluding hydrogens is 301 g/mol. The number of amides is 1. The fraction of sp³-hybridized carbons (Fsp3) is 0.500. The number of imidazole rings is 1. The van der Waals surface area contributed by atoms with Crippen LogP contribution in [-0.2, 0) is 20.9 Å². The van der Waals surface area contributed by atoms with Crippen LogP contribution >= 0.6 is 0 Å². The van der Waals surface area contributed by atoms with Gasteiger partial charge < -0.3 is 19.4 Å². The van der Waals surface area contributed by atoms with E-state index in [4.69, 9.17) is 9.47 Å². The minimum absolute atomic E-state index is 0.0393. The summed E-state index contributed by atoms with van der Waals surface area (Å²) in [5, 5.41) is 0. The molecule has 0 bridgehead atoms. The van der Waals surface area contributed by atoms with Gasteiger partial charge in [0.1, 0.15) is 31.3 Å². The molecule has 1 aromatic heterocycles. The first-order chi connectivity index (χ1) is 11.1. The third kappa shape index (κ3) is 3.51. The number of benzene rings is 1. The zero-order chi connectivity index (χ0) is 16.4. The molecule has 1 N–H and O–H groups in total. The predicted molar refractivity (Wildman–Crippen MR) is 82.8 cm³/mol. The number of hydrogen-bond donors (Lipinski definition) is 1. The largest absolute Gasteiger partial charge is 0.375 e. The van der Waals surface area contributed by atoms with E-state index in [2.05, 4.69) is 9.97 Å². The number of aryl methyl sites for hydroxylation is 1. The highest BCUT2D eigenvalue weighted by atomic mass is 19.1. The number of fused-ring (bicyclic) bond motifs is 1. The van der Waals surface area contributed by atoms with Gasteiger partial charge in [0.25, 0.3) is 0 Å². The summed E-state index contributed by atoms with van der Waals surface area (Å²) in [4.78, 5) is 20.7. The number of rotatable bonds is 5. The number of methoxy groups -OCH3 is 1. The number of ether oxygens (including phenoxy) is 2. The number of nitrogens with one attached hydrogen (secondary N) is 1. The van der Waals surface area contributed by atoms with Gasteiger partial charge in [0.05, 0.1) is 17.6 Å². The van der Waals surface area contributed by atoms with E-state index in [1.807, 2.05) is 25.1 Å². The third-order valence-corrected chi connectivity index (χ3v) is 3.94. The molecule has 23 heavy (non-hydrogen) atoms. The highest BCUT2D eigenvalue weighted by molar-refractivity contribution is 5.78. The van der Waals surface area contributed by atoms with Crippen molar-refractivity contribution < 1.29 is 18.7 Å². The van der Waals surface area contributed by atoms with Gasteiger partial charge in [0, 0.05) is 13.7 Å². The Morgan fingerprint density at radius 2 is 2.30 bits per heavy atom. The maximum atomic E-state index is 14.0. The Hall–Kier alpha value is -1.99. The van der Waals surface area contributed by atoms with Crippen LogP contribution in [0.15, 0.2) is 18.2 Å². The van der Waals surface area contributed by atoms with Crippen molar-refractivity contribution in [1.29, 1.82) is 0 Å². The quantitative estimate of drug-likeness (QED) is 0.908. The van der Waals surface area contributed by atoms with E-state index in [9.17, 15) is 9.18 Å². The van der Waals surface area contributed by atoms with E-state index in [-0.39, 0.29) is 32.2 Å². The second-order valence-electron chi connectivity index (χ2n) is 5.80. The molecule has 1 fully saturated rings. The van der Waals surface area contributed by atoms with E-state index in [0.29, 0.717) is 5.82 Å². The second-order valence-corrected chi connectivity index (χ2v) is 5.80. The standard InChI is InChI=1S/C16H20FN3O3/c1-10-3-4-12-13(5-10)19-15(18-12)8-23-14-7-20(6-11(14)17)16(21)9-22-2/h3-5,11,14H,6-9H2,1-2H3,(H,18,19)/t11-,14+/m1/s1. The Morgan fingerprint density at radius 3 is 3.09 bits per heavy atom. The number of alkyl halides is 1. The molecule has 1 amide bonds. The van der Waals surface area contributed by atoms with Crippen molar-refractivity contribution in [2.45, 2.75) is 25.8 Å². The van der Waals surface area contributed by atoms with Crippen molar-refractivity contribution in [3.63, 3.8) is 0 Å². The fourth-order valence-electron chi connectivity index (χ4n) is 2.74. The van der Waals surface area contributed by atoms with Crippen molar-refractivity contribution in [1.82, 2.24) is 14.9 Å². The van der Waals surface area contributed by atoms with E-state index in [1.54, 1.807) is 0 Å². The van der Waals surface area contributed by atoms with Crippen LogP contribution in [0.2, 0.25) is 0 Å². The fourth-order valence-corrected chi connectivity index (χ4v) is 2.74. The van der Waals surface area contributed by atoms with Crippen molar-refractivity contribution >= 4 is 16.9 Å². The summed E-state index contributed by atoms with van der Waals surface area (Å²) >= 11 is 0. The van der Waals surface area contributed by atoms with Crippen molar-refractivity contribution in [2.24, 2.45) is 0 Å². The molecule has 0 unspecified atom stereocenters. The van der Waals surface area contributed by atoms with Crippen LogP contribution in [0.1, 0.15) is 11.4 Å². The number of hydrogen-bond acceptors (Lipinski definition) is 4. The average molecular weight is 321 g/mol. The van der Waals surface area contributed by atoms with Gasteiger partial charge in [0.15, 0.2) is 0 Å². The molecule has 2 atom stereocenters. The van der Waals surface area contributed by atoms with Gasteiger partial charge in [-0.25, -0.2) is 9.37 Å². The van der Waals surface area contributed by atoms with Gasteiger partial charge in [-0.1, -0.05) is 6.07 Å². The van der Waals surface area contributed by atoms with Crippen molar-refractivity contribution in [3.05, 3.63) is 29.6 Å². The van der Waals surface area contributed by atoms with Gasteiger partial charge >= 0.3 is 0 Å². The molecule has 7 heteroatoms. The zero-order valence-corrected chi connectivity index (χ0v) is 13.2. The molecule has 0 spiro atoms. The number of aromatic nitrogens is 2. The second kappa shape index (κ2) is 6.64. The molecule has 6 nitrogen and oxygen atoms in total. The van der Waals surface area contributed by atoms with Gasteiger partial charge in [-0.2, -0.15) is 0 Å².